The molecule has 1 aromatic heterocycles. The maximum absolute atomic E-state index is 12.4. The first kappa shape index (κ1) is 17.2. The Hall–Kier alpha value is -2.67. The van der Waals surface area contributed by atoms with E-state index in [0.717, 1.165) is 10.0 Å². The van der Waals surface area contributed by atoms with Crippen LogP contribution in [-0.4, -0.2) is 23.2 Å². The van der Waals surface area contributed by atoms with Gasteiger partial charge in [-0.1, -0.05) is 29.4 Å². The summed E-state index contributed by atoms with van der Waals surface area (Å²) in [4.78, 5) is 16.7. The van der Waals surface area contributed by atoms with Crippen molar-refractivity contribution in [3.05, 3.63) is 64.5 Å². The molecule has 0 aliphatic carbocycles. The van der Waals surface area contributed by atoms with Crippen LogP contribution in [0.5, 0.6) is 5.75 Å². The monoisotopic (exact) mass is 401 g/mol. The van der Waals surface area contributed by atoms with Gasteiger partial charge in [0, 0.05) is 4.47 Å². The van der Waals surface area contributed by atoms with Gasteiger partial charge in [0.25, 0.3) is 5.91 Å². The smallest absolute Gasteiger partial charge is 0.253 e. The molecule has 25 heavy (non-hydrogen) atoms. The van der Waals surface area contributed by atoms with Crippen molar-refractivity contribution in [2.24, 2.45) is 0 Å². The minimum atomic E-state index is -0.435. The molecule has 6 nitrogen and oxygen atoms in total. The van der Waals surface area contributed by atoms with Gasteiger partial charge in [0.05, 0.1) is 18.2 Å². The molecule has 1 unspecified atom stereocenters. The average molecular weight is 402 g/mol. The standard InChI is InChI=1S/C18H16BrN3O3/c1-11(20-17(23)12-7-3-5-9-14(12)19)18-21-16(22-25-18)13-8-4-6-10-15(13)24-2/h3-11H,1-2H3,(H,20,23). The molecule has 3 aromatic rings. The number of benzene rings is 2. The fourth-order valence-electron chi connectivity index (χ4n) is 2.33. The van der Waals surface area contributed by atoms with E-state index in [9.17, 15) is 4.79 Å². The first-order chi connectivity index (χ1) is 12.1. The van der Waals surface area contributed by atoms with E-state index in [-0.39, 0.29) is 5.91 Å². The Labute approximate surface area is 153 Å². The Morgan fingerprint density at radius 3 is 2.68 bits per heavy atom. The topological polar surface area (TPSA) is 77.3 Å². The van der Waals surface area contributed by atoms with Crippen molar-refractivity contribution in [2.45, 2.75) is 13.0 Å². The third-order valence-corrected chi connectivity index (χ3v) is 4.32. The summed E-state index contributed by atoms with van der Waals surface area (Å²) >= 11 is 3.37. The van der Waals surface area contributed by atoms with Crippen LogP contribution >= 0.6 is 15.9 Å². The highest BCUT2D eigenvalue weighted by Gasteiger charge is 2.20. The zero-order chi connectivity index (χ0) is 17.8. The zero-order valence-electron chi connectivity index (χ0n) is 13.7. The van der Waals surface area contributed by atoms with Crippen LogP contribution < -0.4 is 10.1 Å². The van der Waals surface area contributed by atoms with Gasteiger partial charge in [-0.05, 0) is 47.1 Å². The van der Waals surface area contributed by atoms with Crippen LogP contribution in [0.2, 0.25) is 0 Å². The molecular weight excluding hydrogens is 386 g/mol. The first-order valence-corrected chi connectivity index (χ1v) is 8.42. The minimum Gasteiger partial charge on any atom is -0.496 e. The summed E-state index contributed by atoms with van der Waals surface area (Å²) in [5.41, 5.74) is 1.27. The molecule has 128 valence electrons. The number of para-hydroxylation sites is 1. The lowest BCUT2D eigenvalue weighted by atomic mass is 10.2. The van der Waals surface area contributed by atoms with Gasteiger partial charge in [-0.25, -0.2) is 0 Å². The second kappa shape index (κ2) is 7.48. The third-order valence-electron chi connectivity index (χ3n) is 3.63. The number of amides is 1. The van der Waals surface area contributed by atoms with Gasteiger partial charge in [-0.3, -0.25) is 4.79 Å². The lowest BCUT2D eigenvalue weighted by molar-refractivity contribution is 0.0931. The molecular formula is C18H16BrN3O3. The summed E-state index contributed by atoms with van der Waals surface area (Å²) in [6.07, 6.45) is 0. The number of hydrogen-bond acceptors (Lipinski definition) is 5. The summed E-state index contributed by atoms with van der Waals surface area (Å²) in [6.45, 7) is 1.79. The summed E-state index contributed by atoms with van der Waals surface area (Å²) in [6, 6.07) is 14.2. The van der Waals surface area contributed by atoms with Crippen molar-refractivity contribution in [1.29, 1.82) is 0 Å². The maximum Gasteiger partial charge on any atom is 0.253 e. The van der Waals surface area contributed by atoms with Crippen molar-refractivity contribution in [2.75, 3.05) is 7.11 Å². The molecule has 0 spiro atoms. The molecule has 0 aliphatic rings. The molecule has 1 N–H and O–H groups in total. The number of nitrogens with one attached hydrogen (secondary N) is 1. The number of methoxy groups -OCH3 is 1. The Balaban J connectivity index is 1.78. The Kier molecular flexibility index (Phi) is 5.14. The van der Waals surface area contributed by atoms with Crippen molar-refractivity contribution >= 4 is 21.8 Å². The van der Waals surface area contributed by atoms with Gasteiger partial charge in [-0.15, -0.1) is 0 Å². The number of rotatable bonds is 5. The molecule has 0 saturated heterocycles. The first-order valence-electron chi connectivity index (χ1n) is 7.62. The number of carbonyl (C=O) groups is 1. The summed E-state index contributed by atoms with van der Waals surface area (Å²) in [5, 5.41) is 6.84. The maximum atomic E-state index is 12.4. The van der Waals surface area contributed by atoms with Crippen LogP contribution in [0, 0.1) is 0 Å². The van der Waals surface area contributed by atoms with Crippen LogP contribution in [-0.2, 0) is 0 Å². The van der Waals surface area contributed by atoms with E-state index in [1.807, 2.05) is 36.4 Å². The average Bonchev–Trinajstić information content (AvgIpc) is 3.12. The molecule has 3 rings (SSSR count). The highest BCUT2D eigenvalue weighted by molar-refractivity contribution is 9.10. The van der Waals surface area contributed by atoms with E-state index in [4.69, 9.17) is 9.26 Å². The lowest BCUT2D eigenvalue weighted by Gasteiger charge is -2.10. The molecule has 0 fully saturated rings. The van der Waals surface area contributed by atoms with E-state index in [2.05, 4.69) is 31.4 Å². The minimum absolute atomic E-state index is 0.225. The van der Waals surface area contributed by atoms with Crippen molar-refractivity contribution < 1.29 is 14.1 Å². The van der Waals surface area contributed by atoms with Crippen molar-refractivity contribution in [3.8, 4) is 17.1 Å². The Bertz CT molecular complexity index is 895. The molecule has 0 bridgehead atoms. The van der Waals surface area contributed by atoms with Gasteiger partial charge >= 0.3 is 0 Å². The Morgan fingerprint density at radius 1 is 1.20 bits per heavy atom. The number of nitrogens with zero attached hydrogens (tertiary/aromatic N) is 2. The van der Waals surface area contributed by atoms with Gasteiger partial charge in [0.2, 0.25) is 11.7 Å². The molecule has 1 amide bonds. The van der Waals surface area contributed by atoms with Crippen molar-refractivity contribution in [3.63, 3.8) is 0 Å². The van der Waals surface area contributed by atoms with Crippen LogP contribution in [0.25, 0.3) is 11.4 Å². The SMILES string of the molecule is COc1ccccc1-c1noc(C(C)NC(=O)c2ccccc2Br)n1. The van der Waals surface area contributed by atoms with Crippen molar-refractivity contribution in [1.82, 2.24) is 15.5 Å². The highest BCUT2D eigenvalue weighted by atomic mass is 79.9. The van der Waals surface area contributed by atoms with Crippen LogP contribution in [0.3, 0.4) is 0 Å². The van der Waals surface area contributed by atoms with Crippen LogP contribution in [0.4, 0.5) is 0 Å². The van der Waals surface area contributed by atoms with E-state index >= 15 is 0 Å². The molecule has 0 aliphatic heterocycles. The van der Waals surface area contributed by atoms with Gasteiger partial charge < -0.3 is 14.6 Å². The third kappa shape index (κ3) is 3.71. The van der Waals surface area contributed by atoms with Crippen LogP contribution in [0.1, 0.15) is 29.2 Å². The van der Waals surface area contributed by atoms with E-state index in [1.165, 1.54) is 0 Å². The number of carbonyl (C=O) groups excluding carboxylic acids is 1. The number of halogens is 1. The molecule has 1 heterocycles. The fraction of sp³-hybridized carbons (Fsp3) is 0.167. The van der Waals surface area contributed by atoms with Gasteiger partial charge in [-0.2, -0.15) is 4.98 Å². The van der Waals surface area contributed by atoms with Gasteiger partial charge in [0.1, 0.15) is 11.8 Å². The van der Waals surface area contributed by atoms with Gasteiger partial charge in [0.15, 0.2) is 0 Å². The van der Waals surface area contributed by atoms with Crippen LogP contribution in [0.15, 0.2) is 57.5 Å². The van der Waals surface area contributed by atoms with E-state index < -0.39 is 6.04 Å². The summed E-state index contributed by atoms with van der Waals surface area (Å²) in [7, 11) is 1.58. The molecule has 0 radical (unpaired) electrons. The van der Waals surface area contributed by atoms with E-state index in [1.54, 1.807) is 26.2 Å². The summed E-state index contributed by atoms with van der Waals surface area (Å²) in [5.74, 6) is 1.16. The number of aromatic nitrogens is 2. The second-order valence-corrected chi connectivity index (χ2v) is 6.19. The quantitative estimate of drug-likeness (QED) is 0.698. The number of hydrogen-bond donors (Lipinski definition) is 1. The highest BCUT2D eigenvalue weighted by Crippen LogP contribution is 2.28. The predicted molar refractivity (Wildman–Crippen MR) is 96.3 cm³/mol. The molecule has 1 atom stereocenters. The van der Waals surface area contributed by atoms with E-state index in [0.29, 0.717) is 23.0 Å². The molecule has 2 aromatic carbocycles. The second-order valence-electron chi connectivity index (χ2n) is 5.33. The molecule has 7 heteroatoms. The molecule has 0 saturated carbocycles. The number of ether oxygens (including phenoxy) is 1. The normalized spacial score (nSPS) is 11.8. The lowest BCUT2D eigenvalue weighted by Crippen LogP contribution is -2.27. The largest absolute Gasteiger partial charge is 0.496 e. The summed E-state index contributed by atoms with van der Waals surface area (Å²) < 4.78 is 11.3. The zero-order valence-corrected chi connectivity index (χ0v) is 15.3. The fourth-order valence-corrected chi connectivity index (χ4v) is 2.80. The Morgan fingerprint density at radius 2 is 1.92 bits per heavy atom. The predicted octanol–water partition coefficient (Wildman–Crippen LogP) is 4.00.